The Bertz CT molecular complexity index is 656. The van der Waals surface area contributed by atoms with Crippen LogP contribution in [0.5, 0.6) is 5.75 Å². The SMILES string of the molecule is Cc1cc(COc2ccc(N(C)C(=O)OC(C)(C)C)cc2)no1. The fourth-order valence-corrected chi connectivity index (χ4v) is 1.85. The van der Waals surface area contributed by atoms with Crippen molar-refractivity contribution in [3.63, 3.8) is 0 Å². The zero-order valence-electron chi connectivity index (χ0n) is 14.1. The maximum atomic E-state index is 12.0. The zero-order chi connectivity index (χ0) is 17.0. The summed E-state index contributed by atoms with van der Waals surface area (Å²) in [6.45, 7) is 7.67. The molecule has 0 saturated heterocycles. The average Bonchev–Trinajstić information content (AvgIpc) is 2.89. The van der Waals surface area contributed by atoms with E-state index in [0.29, 0.717) is 12.4 Å². The van der Waals surface area contributed by atoms with Crippen molar-refractivity contribution < 1.29 is 18.8 Å². The highest BCUT2D eigenvalue weighted by Crippen LogP contribution is 2.21. The predicted octanol–water partition coefficient (Wildman–Crippen LogP) is 3.93. The quantitative estimate of drug-likeness (QED) is 0.854. The maximum absolute atomic E-state index is 12.0. The Morgan fingerprint density at radius 3 is 2.43 bits per heavy atom. The second-order valence-electron chi connectivity index (χ2n) is 6.25. The summed E-state index contributed by atoms with van der Waals surface area (Å²) in [5.74, 6) is 1.44. The molecule has 1 heterocycles. The summed E-state index contributed by atoms with van der Waals surface area (Å²) in [5, 5.41) is 3.86. The van der Waals surface area contributed by atoms with Gasteiger partial charge in [-0.2, -0.15) is 0 Å². The van der Waals surface area contributed by atoms with Crippen molar-refractivity contribution >= 4 is 11.8 Å². The molecule has 0 fully saturated rings. The van der Waals surface area contributed by atoms with E-state index in [1.807, 2.05) is 33.8 Å². The normalized spacial score (nSPS) is 11.2. The number of carbonyl (C=O) groups excluding carboxylic acids is 1. The Morgan fingerprint density at radius 2 is 1.91 bits per heavy atom. The number of amides is 1. The summed E-state index contributed by atoms with van der Waals surface area (Å²) in [6.07, 6.45) is -0.399. The van der Waals surface area contributed by atoms with Crippen molar-refractivity contribution in [2.24, 2.45) is 0 Å². The number of rotatable bonds is 4. The summed E-state index contributed by atoms with van der Waals surface area (Å²) in [7, 11) is 1.67. The monoisotopic (exact) mass is 318 g/mol. The summed E-state index contributed by atoms with van der Waals surface area (Å²) in [6, 6.07) is 9.01. The van der Waals surface area contributed by atoms with Crippen molar-refractivity contribution in [3.8, 4) is 5.75 Å². The number of hydrogen-bond acceptors (Lipinski definition) is 5. The first kappa shape index (κ1) is 16.9. The van der Waals surface area contributed by atoms with E-state index in [4.69, 9.17) is 14.0 Å². The van der Waals surface area contributed by atoms with E-state index in [0.717, 1.165) is 17.1 Å². The molecule has 0 radical (unpaired) electrons. The number of aryl methyl sites for hydroxylation is 1. The van der Waals surface area contributed by atoms with E-state index in [1.165, 1.54) is 4.90 Å². The third-order valence-electron chi connectivity index (χ3n) is 2.95. The molecule has 0 saturated carbocycles. The molecule has 0 bridgehead atoms. The molecule has 1 amide bonds. The largest absolute Gasteiger partial charge is 0.487 e. The molecule has 0 aliphatic carbocycles. The van der Waals surface area contributed by atoms with Gasteiger partial charge in [-0.05, 0) is 52.0 Å². The zero-order valence-corrected chi connectivity index (χ0v) is 14.1. The minimum atomic E-state index is -0.524. The van der Waals surface area contributed by atoms with Gasteiger partial charge in [-0.25, -0.2) is 4.79 Å². The van der Waals surface area contributed by atoms with Gasteiger partial charge in [0, 0.05) is 18.8 Å². The van der Waals surface area contributed by atoms with Crippen LogP contribution in [0, 0.1) is 6.92 Å². The summed E-state index contributed by atoms with van der Waals surface area (Å²) < 4.78 is 15.9. The highest BCUT2D eigenvalue weighted by Gasteiger charge is 2.20. The number of ether oxygens (including phenoxy) is 2. The number of benzene rings is 1. The van der Waals surface area contributed by atoms with Crippen molar-refractivity contribution in [1.29, 1.82) is 0 Å². The summed E-state index contributed by atoms with van der Waals surface area (Å²) in [4.78, 5) is 13.5. The van der Waals surface area contributed by atoms with E-state index >= 15 is 0 Å². The van der Waals surface area contributed by atoms with Crippen molar-refractivity contribution in [3.05, 3.63) is 41.8 Å². The lowest BCUT2D eigenvalue weighted by Gasteiger charge is -2.24. The molecule has 1 aromatic heterocycles. The highest BCUT2D eigenvalue weighted by molar-refractivity contribution is 5.87. The van der Waals surface area contributed by atoms with Gasteiger partial charge in [-0.3, -0.25) is 4.90 Å². The Morgan fingerprint density at radius 1 is 1.26 bits per heavy atom. The molecule has 0 N–H and O–H groups in total. The average molecular weight is 318 g/mol. The molecule has 2 rings (SSSR count). The second-order valence-corrected chi connectivity index (χ2v) is 6.25. The van der Waals surface area contributed by atoms with E-state index in [9.17, 15) is 4.79 Å². The Labute approximate surface area is 136 Å². The van der Waals surface area contributed by atoms with Gasteiger partial charge in [-0.15, -0.1) is 0 Å². The molecular weight excluding hydrogens is 296 g/mol. The third kappa shape index (κ3) is 5.02. The Balaban J connectivity index is 1.94. The maximum Gasteiger partial charge on any atom is 0.414 e. The molecule has 0 aliphatic rings. The van der Waals surface area contributed by atoms with Gasteiger partial charge in [0.2, 0.25) is 0 Å². The van der Waals surface area contributed by atoms with Crippen LogP contribution in [-0.2, 0) is 11.3 Å². The van der Waals surface area contributed by atoms with Crippen LogP contribution in [0.15, 0.2) is 34.9 Å². The van der Waals surface area contributed by atoms with Crippen LogP contribution >= 0.6 is 0 Å². The van der Waals surface area contributed by atoms with Crippen LogP contribution in [0.25, 0.3) is 0 Å². The van der Waals surface area contributed by atoms with Crippen molar-refractivity contribution in [2.75, 3.05) is 11.9 Å². The molecule has 23 heavy (non-hydrogen) atoms. The number of anilines is 1. The van der Waals surface area contributed by atoms with Gasteiger partial charge in [0.15, 0.2) is 0 Å². The molecule has 124 valence electrons. The topological polar surface area (TPSA) is 64.8 Å². The molecule has 0 spiro atoms. The van der Waals surface area contributed by atoms with E-state index in [2.05, 4.69) is 5.16 Å². The molecule has 6 nitrogen and oxygen atoms in total. The van der Waals surface area contributed by atoms with Crippen LogP contribution in [0.3, 0.4) is 0 Å². The smallest absolute Gasteiger partial charge is 0.414 e. The molecule has 0 atom stereocenters. The van der Waals surface area contributed by atoms with Crippen LogP contribution in [-0.4, -0.2) is 23.9 Å². The molecule has 0 aliphatic heterocycles. The Kier molecular flexibility index (Phi) is 4.93. The minimum absolute atomic E-state index is 0.332. The van der Waals surface area contributed by atoms with Gasteiger partial charge in [0.25, 0.3) is 0 Å². The van der Waals surface area contributed by atoms with E-state index in [-0.39, 0.29) is 0 Å². The first-order valence-electron chi connectivity index (χ1n) is 7.36. The van der Waals surface area contributed by atoms with E-state index < -0.39 is 11.7 Å². The molecule has 2 aromatic rings. The van der Waals surface area contributed by atoms with Crippen LogP contribution in [0.1, 0.15) is 32.2 Å². The van der Waals surface area contributed by atoms with Gasteiger partial charge in [-0.1, -0.05) is 5.16 Å². The summed E-state index contributed by atoms with van der Waals surface area (Å²) >= 11 is 0. The molecule has 0 unspecified atom stereocenters. The lowest BCUT2D eigenvalue weighted by molar-refractivity contribution is 0.0589. The summed E-state index contributed by atoms with van der Waals surface area (Å²) in [5.41, 5.74) is 0.936. The molecular formula is C17H22N2O4. The standard InChI is InChI=1S/C17H22N2O4/c1-12-10-13(18-23-12)11-21-15-8-6-14(7-9-15)19(5)16(20)22-17(2,3)4/h6-10H,11H2,1-5H3. The second kappa shape index (κ2) is 6.73. The molecule has 1 aromatic carbocycles. The van der Waals surface area contributed by atoms with Gasteiger partial charge in [0.05, 0.1) is 0 Å². The Hall–Kier alpha value is -2.50. The first-order chi connectivity index (χ1) is 10.7. The van der Waals surface area contributed by atoms with Crippen LogP contribution in [0.4, 0.5) is 10.5 Å². The lowest BCUT2D eigenvalue weighted by Crippen LogP contribution is -2.34. The minimum Gasteiger partial charge on any atom is -0.487 e. The van der Waals surface area contributed by atoms with Gasteiger partial charge < -0.3 is 14.0 Å². The van der Waals surface area contributed by atoms with Crippen molar-refractivity contribution in [1.82, 2.24) is 5.16 Å². The fraction of sp³-hybridized carbons (Fsp3) is 0.412. The number of nitrogens with zero attached hydrogens (tertiary/aromatic N) is 2. The highest BCUT2D eigenvalue weighted by atomic mass is 16.6. The third-order valence-corrected chi connectivity index (χ3v) is 2.95. The number of carbonyl (C=O) groups is 1. The lowest BCUT2D eigenvalue weighted by atomic mass is 10.2. The first-order valence-corrected chi connectivity index (χ1v) is 7.36. The number of hydrogen-bond donors (Lipinski definition) is 0. The van der Waals surface area contributed by atoms with E-state index in [1.54, 1.807) is 31.3 Å². The number of aromatic nitrogens is 1. The van der Waals surface area contributed by atoms with Crippen LogP contribution in [0.2, 0.25) is 0 Å². The van der Waals surface area contributed by atoms with Crippen LogP contribution < -0.4 is 9.64 Å². The van der Waals surface area contributed by atoms with Crippen molar-refractivity contribution in [2.45, 2.75) is 39.9 Å². The predicted molar refractivity (Wildman–Crippen MR) is 86.7 cm³/mol. The van der Waals surface area contributed by atoms with Gasteiger partial charge >= 0.3 is 6.09 Å². The van der Waals surface area contributed by atoms with Gasteiger partial charge in [0.1, 0.15) is 29.4 Å². The molecule has 6 heteroatoms. The fourth-order valence-electron chi connectivity index (χ4n) is 1.85.